The lowest BCUT2D eigenvalue weighted by atomic mass is 10.0. The van der Waals surface area contributed by atoms with Crippen LogP contribution in [0.4, 0.5) is 0 Å². The highest BCUT2D eigenvalue weighted by Crippen LogP contribution is 2.38. The van der Waals surface area contributed by atoms with Gasteiger partial charge < -0.3 is 4.74 Å². The number of nitrogens with zero attached hydrogens (tertiary/aromatic N) is 2. The van der Waals surface area contributed by atoms with Crippen molar-refractivity contribution in [1.29, 1.82) is 0 Å². The van der Waals surface area contributed by atoms with E-state index in [9.17, 15) is 0 Å². The lowest BCUT2D eigenvalue weighted by Gasteiger charge is -2.14. The number of aromatic nitrogens is 2. The Balaban J connectivity index is 1.85. The van der Waals surface area contributed by atoms with Gasteiger partial charge in [-0.1, -0.05) is 90.5 Å². The smallest absolute Gasteiger partial charge is 0.145 e. The highest BCUT2D eigenvalue weighted by Gasteiger charge is 2.22. The van der Waals surface area contributed by atoms with Crippen LogP contribution in [0.2, 0.25) is 0 Å². The number of hydrogen-bond donors (Lipinski definition) is 0. The molecule has 32 heavy (non-hydrogen) atoms. The molecule has 0 saturated heterocycles. The number of aryl methyl sites for hydroxylation is 1. The summed E-state index contributed by atoms with van der Waals surface area (Å²) in [5.74, 6) is 1.74. The Morgan fingerprint density at radius 1 is 0.625 bits per heavy atom. The van der Waals surface area contributed by atoms with Gasteiger partial charge in [-0.15, -0.1) is 0 Å². The zero-order chi connectivity index (χ0) is 21.9. The normalized spacial score (nSPS) is 10.8. The second-order valence-corrected chi connectivity index (χ2v) is 7.76. The molecule has 5 rings (SSSR count). The summed E-state index contributed by atoms with van der Waals surface area (Å²) in [4.78, 5) is 5.21. The fourth-order valence-electron chi connectivity index (χ4n) is 3.96. The lowest BCUT2D eigenvalue weighted by Crippen LogP contribution is -2.00. The Kier molecular flexibility index (Phi) is 5.30. The number of methoxy groups -OCH3 is 1. The van der Waals surface area contributed by atoms with Crippen LogP contribution in [0.3, 0.4) is 0 Å². The molecule has 0 fully saturated rings. The molecule has 0 bridgehead atoms. The Morgan fingerprint density at radius 3 is 1.81 bits per heavy atom. The van der Waals surface area contributed by atoms with E-state index in [-0.39, 0.29) is 0 Å². The average Bonchev–Trinajstić information content (AvgIpc) is 3.26. The van der Waals surface area contributed by atoms with Gasteiger partial charge in [-0.3, -0.25) is 4.57 Å². The summed E-state index contributed by atoms with van der Waals surface area (Å²) in [7, 11) is 1.69. The van der Waals surface area contributed by atoms with E-state index in [0.717, 1.165) is 45.3 Å². The maximum absolute atomic E-state index is 5.40. The predicted octanol–water partition coefficient (Wildman–Crippen LogP) is 7.19. The first kappa shape index (κ1) is 19.8. The molecule has 0 radical (unpaired) electrons. The van der Waals surface area contributed by atoms with Crippen molar-refractivity contribution in [1.82, 2.24) is 9.55 Å². The van der Waals surface area contributed by atoms with Gasteiger partial charge in [0, 0.05) is 22.4 Å². The third kappa shape index (κ3) is 3.69. The third-order valence-electron chi connectivity index (χ3n) is 5.61. The number of benzene rings is 4. The standard InChI is InChI=1S/C29H24N2O/c1-21-13-15-24(16-14-21)29-30-27(22-9-5-3-6-10-22)28(23-11-7-4-8-12-23)31(29)25-17-19-26(32-2)20-18-25/h3-20H,1-2H3. The summed E-state index contributed by atoms with van der Waals surface area (Å²) in [6, 6.07) is 37.5. The Hall–Kier alpha value is -4.11. The van der Waals surface area contributed by atoms with Gasteiger partial charge in [-0.25, -0.2) is 4.98 Å². The van der Waals surface area contributed by atoms with Crippen molar-refractivity contribution in [3.8, 4) is 45.3 Å². The van der Waals surface area contributed by atoms with Crippen molar-refractivity contribution >= 4 is 0 Å². The van der Waals surface area contributed by atoms with E-state index in [0.29, 0.717) is 0 Å². The zero-order valence-electron chi connectivity index (χ0n) is 18.2. The van der Waals surface area contributed by atoms with E-state index in [1.165, 1.54) is 5.56 Å². The van der Waals surface area contributed by atoms with Crippen LogP contribution >= 0.6 is 0 Å². The van der Waals surface area contributed by atoms with Crippen molar-refractivity contribution in [2.24, 2.45) is 0 Å². The van der Waals surface area contributed by atoms with Gasteiger partial charge in [0.25, 0.3) is 0 Å². The van der Waals surface area contributed by atoms with E-state index in [1.807, 2.05) is 24.3 Å². The maximum atomic E-state index is 5.40. The molecule has 156 valence electrons. The molecule has 5 aromatic rings. The fourth-order valence-corrected chi connectivity index (χ4v) is 3.96. The molecule has 0 N–H and O–H groups in total. The van der Waals surface area contributed by atoms with Gasteiger partial charge in [-0.05, 0) is 31.2 Å². The molecule has 1 heterocycles. The second kappa shape index (κ2) is 8.56. The van der Waals surface area contributed by atoms with Gasteiger partial charge >= 0.3 is 0 Å². The van der Waals surface area contributed by atoms with Crippen LogP contribution in [0, 0.1) is 6.92 Å². The van der Waals surface area contributed by atoms with E-state index in [1.54, 1.807) is 7.11 Å². The van der Waals surface area contributed by atoms with Crippen molar-refractivity contribution in [3.05, 3.63) is 115 Å². The number of hydrogen-bond acceptors (Lipinski definition) is 2. The van der Waals surface area contributed by atoms with E-state index in [4.69, 9.17) is 9.72 Å². The third-order valence-corrected chi connectivity index (χ3v) is 5.61. The average molecular weight is 417 g/mol. The van der Waals surface area contributed by atoms with Crippen molar-refractivity contribution in [2.45, 2.75) is 6.92 Å². The molecule has 3 nitrogen and oxygen atoms in total. The van der Waals surface area contributed by atoms with Crippen molar-refractivity contribution in [3.63, 3.8) is 0 Å². The quantitative estimate of drug-likeness (QED) is 0.303. The molecule has 0 atom stereocenters. The minimum absolute atomic E-state index is 0.829. The molecule has 1 aromatic heterocycles. The molecule has 0 saturated carbocycles. The minimum Gasteiger partial charge on any atom is -0.497 e. The van der Waals surface area contributed by atoms with Gasteiger partial charge in [0.2, 0.25) is 0 Å². The van der Waals surface area contributed by atoms with Crippen molar-refractivity contribution < 1.29 is 4.74 Å². The van der Waals surface area contributed by atoms with E-state index in [2.05, 4.69) is 96.4 Å². The summed E-state index contributed by atoms with van der Waals surface area (Å²) in [6.45, 7) is 2.10. The van der Waals surface area contributed by atoms with Crippen molar-refractivity contribution in [2.75, 3.05) is 7.11 Å². The maximum Gasteiger partial charge on any atom is 0.145 e. The molecule has 3 heteroatoms. The van der Waals surface area contributed by atoms with Crippen LogP contribution in [0.5, 0.6) is 5.75 Å². The number of rotatable bonds is 5. The van der Waals surface area contributed by atoms with Gasteiger partial charge in [0.1, 0.15) is 11.6 Å². The zero-order valence-corrected chi connectivity index (χ0v) is 18.2. The van der Waals surface area contributed by atoms with Gasteiger partial charge in [0.15, 0.2) is 0 Å². The van der Waals surface area contributed by atoms with Crippen LogP contribution in [-0.4, -0.2) is 16.7 Å². The molecule has 4 aromatic carbocycles. The molecule has 0 spiro atoms. The molecular weight excluding hydrogens is 392 g/mol. The summed E-state index contributed by atoms with van der Waals surface area (Å²) in [6.07, 6.45) is 0. The molecule has 0 amide bonds. The van der Waals surface area contributed by atoms with E-state index < -0.39 is 0 Å². The predicted molar refractivity (Wildman–Crippen MR) is 131 cm³/mol. The van der Waals surface area contributed by atoms with Crippen LogP contribution < -0.4 is 4.74 Å². The highest BCUT2D eigenvalue weighted by molar-refractivity contribution is 5.84. The summed E-state index contributed by atoms with van der Waals surface area (Å²) >= 11 is 0. The Labute approximate surface area is 188 Å². The molecule has 0 aliphatic heterocycles. The van der Waals surface area contributed by atoms with Crippen LogP contribution in [0.1, 0.15) is 5.56 Å². The van der Waals surface area contributed by atoms with Crippen LogP contribution in [0.15, 0.2) is 109 Å². The second-order valence-electron chi connectivity index (χ2n) is 7.76. The highest BCUT2D eigenvalue weighted by atomic mass is 16.5. The van der Waals surface area contributed by atoms with E-state index >= 15 is 0 Å². The first-order chi connectivity index (χ1) is 15.7. The Bertz CT molecular complexity index is 1320. The fraction of sp³-hybridized carbons (Fsp3) is 0.0690. The molecule has 0 unspecified atom stereocenters. The summed E-state index contributed by atoms with van der Waals surface area (Å²) < 4.78 is 7.65. The monoisotopic (exact) mass is 416 g/mol. The Morgan fingerprint density at radius 2 is 1.22 bits per heavy atom. The molecule has 0 aliphatic rings. The topological polar surface area (TPSA) is 27.1 Å². The van der Waals surface area contributed by atoms with Crippen LogP contribution in [-0.2, 0) is 0 Å². The molecular formula is C29H24N2O. The number of imidazole rings is 1. The SMILES string of the molecule is COc1ccc(-n2c(-c3ccc(C)cc3)nc(-c3ccccc3)c2-c2ccccc2)cc1. The van der Waals surface area contributed by atoms with Gasteiger partial charge in [0.05, 0.1) is 18.5 Å². The lowest BCUT2D eigenvalue weighted by molar-refractivity contribution is 0.415. The summed E-state index contributed by atoms with van der Waals surface area (Å²) in [5, 5.41) is 0. The number of ether oxygens (including phenoxy) is 1. The largest absolute Gasteiger partial charge is 0.497 e. The minimum atomic E-state index is 0.829. The summed E-state index contributed by atoms with van der Waals surface area (Å²) in [5.41, 5.74) is 7.57. The van der Waals surface area contributed by atoms with Gasteiger partial charge in [-0.2, -0.15) is 0 Å². The first-order valence-electron chi connectivity index (χ1n) is 10.7. The molecule has 0 aliphatic carbocycles. The van der Waals surface area contributed by atoms with Crippen LogP contribution in [0.25, 0.3) is 39.6 Å². The first-order valence-corrected chi connectivity index (χ1v) is 10.7.